The number of carbonyl (C=O) groups excluding carboxylic acids is 1. The summed E-state index contributed by atoms with van der Waals surface area (Å²) in [5.41, 5.74) is 3.92. The van der Waals surface area contributed by atoms with Crippen molar-refractivity contribution >= 4 is 34.2 Å². The van der Waals surface area contributed by atoms with Gasteiger partial charge < -0.3 is 14.2 Å². The number of para-hydroxylation sites is 3. The quantitative estimate of drug-likeness (QED) is 0.319. The summed E-state index contributed by atoms with van der Waals surface area (Å²) in [7, 11) is 0. The summed E-state index contributed by atoms with van der Waals surface area (Å²) in [5, 5.41) is 0.710. The van der Waals surface area contributed by atoms with Gasteiger partial charge in [0.2, 0.25) is 5.91 Å². The highest BCUT2D eigenvalue weighted by Crippen LogP contribution is 2.34. The number of imidazole rings is 1. The number of amides is 1. The molecule has 1 unspecified atom stereocenters. The Kier molecular flexibility index (Phi) is 6.05. The van der Waals surface area contributed by atoms with Crippen LogP contribution in [0.4, 0.5) is 5.69 Å². The number of fused-ring (bicyclic) bond motifs is 1. The molecule has 0 radical (unpaired) electrons. The lowest BCUT2D eigenvalue weighted by atomic mass is 10.1. The van der Waals surface area contributed by atoms with Gasteiger partial charge in [0, 0.05) is 36.1 Å². The lowest BCUT2D eigenvalue weighted by Crippen LogP contribution is -2.24. The topological polar surface area (TPSA) is 47.4 Å². The van der Waals surface area contributed by atoms with E-state index < -0.39 is 0 Å². The van der Waals surface area contributed by atoms with Crippen molar-refractivity contribution in [2.75, 3.05) is 18.1 Å². The first-order valence-corrected chi connectivity index (χ1v) is 11.7. The molecule has 1 atom stereocenters. The highest BCUT2D eigenvalue weighted by molar-refractivity contribution is 6.31. The molecule has 0 spiro atoms. The molecule has 1 aliphatic rings. The maximum atomic E-state index is 12.9. The van der Waals surface area contributed by atoms with Crippen LogP contribution in [0.3, 0.4) is 0 Å². The van der Waals surface area contributed by atoms with Crippen molar-refractivity contribution in [3.05, 3.63) is 89.2 Å². The molecule has 1 fully saturated rings. The minimum atomic E-state index is 0.0379. The number of hydrogen-bond acceptors (Lipinski definition) is 3. The number of ether oxygens (including phenoxy) is 1. The number of anilines is 1. The Hall–Kier alpha value is -3.31. The van der Waals surface area contributed by atoms with E-state index in [4.69, 9.17) is 21.3 Å². The molecular weight excluding hydrogens is 434 g/mol. The van der Waals surface area contributed by atoms with Crippen molar-refractivity contribution in [1.82, 2.24) is 9.55 Å². The Balaban J connectivity index is 1.36. The van der Waals surface area contributed by atoms with Crippen molar-refractivity contribution in [3.8, 4) is 5.75 Å². The molecule has 33 heavy (non-hydrogen) atoms. The molecule has 4 aromatic rings. The van der Waals surface area contributed by atoms with E-state index in [1.54, 1.807) is 0 Å². The zero-order chi connectivity index (χ0) is 22.8. The summed E-state index contributed by atoms with van der Waals surface area (Å²) < 4.78 is 8.15. The summed E-state index contributed by atoms with van der Waals surface area (Å²) in [4.78, 5) is 19.7. The van der Waals surface area contributed by atoms with Crippen LogP contribution in [0.1, 0.15) is 30.1 Å². The first kappa shape index (κ1) is 21.5. The molecule has 1 amide bonds. The molecule has 2 heterocycles. The van der Waals surface area contributed by atoms with Gasteiger partial charge in [0.05, 0.1) is 17.6 Å². The van der Waals surface area contributed by atoms with Crippen molar-refractivity contribution in [1.29, 1.82) is 0 Å². The van der Waals surface area contributed by atoms with Crippen molar-refractivity contribution < 1.29 is 9.53 Å². The van der Waals surface area contributed by atoms with Crippen LogP contribution >= 0.6 is 11.6 Å². The molecule has 6 heteroatoms. The third-order valence-corrected chi connectivity index (χ3v) is 6.59. The highest BCUT2D eigenvalue weighted by atomic mass is 35.5. The van der Waals surface area contributed by atoms with Crippen LogP contribution in [0.2, 0.25) is 5.02 Å². The van der Waals surface area contributed by atoms with E-state index in [2.05, 4.69) is 10.6 Å². The van der Waals surface area contributed by atoms with Crippen molar-refractivity contribution in [2.45, 2.75) is 32.2 Å². The van der Waals surface area contributed by atoms with Crippen molar-refractivity contribution in [2.24, 2.45) is 0 Å². The zero-order valence-electron chi connectivity index (χ0n) is 18.6. The summed E-state index contributed by atoms with van der Waals surface area (Å²) in [6, 6.07) is 23.8. The van der Waals surface area contributed by atoms with E-state index in [1.807, 2.05) is 78.6 Å². The van der Waals surface area contributed by atoms with Crippen LogP contribution in [0, 0.1) is 6.92 Å². The second-order valence-corrected chi connectivity index (χ2v) is 8.87. The van der Waals surface area contributed by atoms with Gasteiger partial charge in [-0.15, -0.1) is 0 Å². The molecule has 3 aromatic carbocycles. The maximum Gasteiger partial charge on any atom is 0.227 e. The fraction of sp³-hybridized carbons (Fsp3) is 0.259. The fourth-order valence-electron chi connectivity index (χ4n) is 4.50. The summed E-state index contributed by atoms with van der Waals surface area (Å²) in [6.45, 7) is 3.98. The molecule has 5 rings (SSSR count). The predicted molar refractivity (Wildman–Crippen MR) is 132 cm³/mol. The van der Waals surface area contributed by atoms with Gasteiger partial charge >= 0.3 is 0 Å². The number of benzene rings is 3. The lowest BCUT2D eigenvalue weighted by Gasteiger charge is -2.18. The van der Waals surface area contributed by atoms with Crippen LogP contribution in [-0.2, 0) is 11.3 Å². The van der Waals surface area contributed by atoms with E-state index >= 15 is 0 Å². The van der Waals surface area contributed by atoms with Gasteiger partial charge in [0.1, 0.15) is 11.6 Å². The number of carbonyl (C=O) groups is 1. The first-order chi connectivity index (χ1) is 16.1. The minimum absolute atomic E-state index is 0.0379. The fourth-order valence-corrected chi connectivity index (χ4v) is 4.61. The Labute approximate surface area is 198 Å². The number of aryl methyl sites for hydroxylation is 2. The largest absolute Gasteiger partial charge is 0.494 e. The molecule has 5 nitrogen and oxygen atoms in total. The molecule has 0 N–H and O–H groups in total. The molecule has 1 aliphatic heterocycles. The second-order valence-electron chi connectivity index (χ2n) is 8.46. The van der Waals surface area contributed by atoms with Crippen LogP contribution in [0.5, 0.6) is 5.75 Å². The average molecular weight is 460 g/mol. The van der Waals surface area contributed by atoms with Crippen LogP contribution in [-0.4, -0.2) is 28.6 Å². The van der Waals surface area contributed by atoms with Gasteiger partial charge in [-0.1, -0.05) is 41.9 Å². The zero-order valence-corrected chi connectivity index (χ0v) is 19.3. The molecule has 0 saturated carbocycles. The average Bonchev–Trinajstić information content (AvgIpc) is 3.40. The number of aromatic nitrogens is 2. The van der Waals surface area contributed by atoms with Gasteiger partial charge in [0.25, 0.3) is 0 Å². The van der Waals surface area contributed by atoms with E-state index in [-0.39, 0.29) is 11.8 Å². The van der Waals surface area contributed by atoms with E-state index in [0.717, 1.165) is 46.8 Å². The van der Waals surface area contributed by atoms with Gasteiger partial charge in [-0.25, -0.2) is 4.98 Å². The van der Waals surface area contributed by atoms with Gasteiger partial charge in [-0.2, -0.15) is 0 Å². The van der Waals surface area contributed by atoms with Gasteiger partial charge in [-0.05, 0) is 61.4 Å². The Morgan fingerprint density at radius 2 is 1.85 bits per heavy atom. The number of nitrogens with zero attached hydrogens (tertiary/aromatic N) is 3. The predicted octanol–water partition coefficient (Wildman–Crippen LogP) is 5.99. The highest BCUT2D eigenvalue weighted by Gasteiger charge is 2.34. The normalized spacial score (nSPS) is 16.0. The number of rotatable bonds is 7. The monoisotopic (exact) mass is 459 g/mol. The first-order valence-electron chi connectivity index (χ1n) is 11.3. The molecule has 1 saturated heterocycles. The van der Waals surface area contributed by atoms with Gasteiger partial charge in [0.15, 0.2) is 0 Å². The SMILES string of the molecule is Cc1cc(N2CC(c3nc4ccccc4n3CCCOc3ccccc3)CC2=O)ccc1Cl. The molecule has 1 aromatic heterocycles. The maximum absolute atomic E-state index is 12.9. The van der Waals surface area contributed by atoms with Gasteiger partial charge in [-0.3, -0.25) is 4.79 Å². The smallest absolute Gasteiger partial charge is 0.227 e. The molecule has 0 bridgehead atoms. The van der Waals surface area contributed by atoms with E-state index in [9.17, 15) is 4.79 Å². The number of halogens is 1. The summed E-state index contributed by atoms with van der Waals surface area (Å²) in [5.74, 6) is 2.00. The van der Waals surface area contributed by atoms with E-state index in [0.29, 0.717) is 24.6 Å². The third kappa shape index (κ3) is 4.46. The standard InChI is InChI=1S/C27H26ClN3O2/c1-19-16-21(12-13-23(19)28)31-18-20(17-26(31)32)27-29-24-10-5-6-11-25(24)30(27)14-7-15-33-22-8-3-2-4-9-22/h2-6,8-13,16,20H,7,14-15,17-18H2,1H3. The minimum Gasteiger partial charge on any atom is -0.494 e. The number of hydrogen-bond donors (Lipinski definition) is 0. The van der Waals surface area contributed by atoms with Crippen molar-refractivity contribution in [3.63, 3.8) is 0 Å². The van der Waals surface area contributed by atoms with E-state index in [1.165, 1.54) is 0 Å². The molecule has 0 aliphatic carbocycles. The lowest BCUT2D eigenvalue weighted by molar-refractivity contribution is -0.117. The summed E-state index contributed by atoms with van der Waals surface area (Å²) in [6.07, 6.45) is 1.30. The van der Waals surface area contributed by atoms with Crippen LogP contribution in [0.15, 0.2) is 72.8 Å². The van der Waals surface area contributed by atoms with Crippen LogP contribution < -0.4 is 9.64 Å². The summed E-state index contributed by atoms with van der Waals surface area (Å²) >= 11 is 6.19. The second kappa shape index (κ2) is 9.28. The Morgan fingerprint density at radius 3 is 2.67 bits per heavy atom. The van der Waals surface area contributed by atoms with Crippen LogP contribution in [0.25, 0.3) is 11.0 Å². The molecular formula is C27H26ClN3O2. The molecule has 168 valence electrons. The third-order valence-electron chi connectivity index (χ3n) is 6.17. The Bertz CT molecular complexity index is 1290. The Morgan fingerprint density at radius 1 is 1.06 bits per heavy atom.